The van der Waals surface area contributed by atoms with Crippen LogP contribution in [0.5, 0.6) is 0 Å². The highest BCUT2D eigenvalue weighted by molar-refractivity contribution is 6.02. The Hall–Kier alpha value is -3.04. The van der Waals surface area contributed by atoms with Crippen LogP contribution in [-0.4, -0.2) is 16.8 Å². The van der Waals surface area contributed by atoms with Crippen LogP contribution < -0.4 is 0 Å². The highest BCUT2D eigenvalue weighted by Gasteiger charge is 2.45. The summed E-state index contributed by atoms with van der Waals surface area (Å²) in [5, 5.41) is 3.79. The molecule has 0 saturated carbocycles. The second-order valence-corrected chi connectivity index (χ2v) is 6.41. The van der Waals surface area contributed by atoms with Crippen molar-refractivity contribution in [2.75, 3.05) is 0 Å². The zero-order chi connectivity index (χ0) is 18.5. The lowest BCUT2D eigenvalue weighted by atomic mass is 9.84. The van der Waals surface area contributed by atoms with Crippen LogP contribution in [0.2, 0.25) is 0 Å². The number of β-lactam (4-membered cyclic amide) rings is 1. The molecular formula is C21H22N4O. The number of amides is 1. The lowest BCUT2D eigenvalue weighted by molar-refractivity contribution is -0.140. The molecule has 0 aromatic heterocycles. The van der Waals surface area contributed by atoms with Gasteiger partial charge in [0.15, 0.2) is 0 Å². The molecule has 2 aromatic rings. The van der Waals surface area contributed by atoms with Gasteiger partial charge in [0.25, 0.3) is 5.91 Å². The van der Waals surface area contributed by atoms with Crippen molar-refractivity contribution in [3.8, 4) is 0 Å². The van der Waals surface area contributed by atoms with Gasteiger partial charge in [-0.3, -0.25) is 4.79 Å². The van der Waals surface area contributed by atoms with E-state index in [1.165, 1.54) is 0 Å². The SMILES string of the molecule is CC[C@@H](/C=C1\C(=O)N([C@@H](C)c2ccccc2)[C@H]1c1ccccc1)N=[N+]=[N-]. The Kier molecular flexibility index (Phi) is 5.40. The summed E-state index contributed by atoms with van der Waals surface area (Å²) in [7, 11) is 0. The van der Waals surface area contributed by atoms with Crippen LogP contribution in [0.15, 0.2) is 77.4 Å². The Morgan fingerprint density at radius 1 is 1.15 bits per heavy atom. The number of hydrogen-bond donors (Lipinski definition) is 0. The molecule has 5 nitrogen and oxygen atoms in total. The van der Waals surface area contributed by atoms with Crippen LogP contribution in [0.1, 0.15) is 43.5 Å². The molecule has 3 rings (SSSR count). The average molecular weight is 346 g/mol. The van der Waals surface area contributed by atoms with E-state index in [2.05, 4.69) is 10.0 Å². The highest BCUT2D eigenvalue weighted by Crippen LogP contribution is 2.45. The Balaban J connectivity index is 1.99. The molecule has 26 heavy (non-hydrogen) atoms. The number of benzene rings is 2. The molecule has 132 valence electrons. The standard InChI is InChI=1S/C21H22N4O/c1-3-18(23-24-22)14-19-20(17-12-8-5-9-13-17)25(21(19)26)15(2)16-10-6-4-7-11-16/h4-15,18,20H,3H2,1-2H3/b19-14-/t15-,18-,20-/m0/s1. The first-order valence-electron chi connectivity index (χ1n) is 8.85. The van der Waals surface area contributed by atoms with E-state index >= 15 is 0 Å². The van der Waals surface area contributed by atoms with Gasteiger partial charge in [0.05, 0.1) is 18.1 Å². The Labute approximate surface area is 153 Å². The lowest BCUT2D eigenvalue weighted by Gasteiger charge is -2.47. The number of carbonyl (C=O) groups excluding carboxylic acids is 1. The first kappa shape index (κ1) is 17.8. The second kappa shape index (κ2) is 7.89. The minimum absolute atomic E-state index is 0.00166. The maximum atomic E-state index is 12.9. The molecule has 2 aromatic carbocycles. The summed E-state index contributed by atoms with van der Waals surface area (Å²) >= 11 is 0. The first-order chi connectivity index (χ1) is 12.7. The fourth-order valence-corrected chi connectivity index (χ4v) is 3.40. The van der Waals surface area contributed by atoms with Crippen LogP contribution in [-0.2, 0) is 4.79 Å². The van der Waals surface area contributed by atoms with Crippen LogP contribution in [0.25, 0.3) is 10.4 Å². The fraction of sp³-hybridized carbons (Fsp3) is 0.286. The molecule has 1 heterocycles. The van der Waals surface area contributed by atoms with Crippen LogP contribution in [0, 0.1) is 0 Å². The van der Waals surface area contributed by atoms with E-state index in [1.807, 2.05) is 85.5 Å². The van der Waals surface area contributed by atoms with Crippen LogP contribution in [0.3, 0.4) is 0 Å². The van der Waals surface area contributed by atoms with Crippen molar-refractivity contribution in [2.24, 2.45) is 5.11 Å². The number of azide groups is 1. The van der Waals surface area contributed by atoms with Crippen molar-refractivity contribution in [3.63, 3.8) is 0 Å². The first-order valence-corrected chi connectivity index (χ1v) is 8.85. The van der Waals surface area contributed by atoms with E-state index in [0.717, 1.165) is 11.1 Å². The second-order valence-electron chi connectivity index (χ2n) is 6.41. The van der Waals surface area contributed by atoms with Crippen molar-refractivity contribution in [3.05, 3.63) is 93.9 Å². The molecule has 0 bridgehead atoms. The average Bonchev–Trinajstić information content (AvgIpc) is 2.69. The largest absolute Gasteiger partial charge is 0.321 e. The quantitative estimate of drug-likeness (QED) is 0.229. The Bertz CT molecular complexity index is 841. The van der Waals surface area contributed by atoms with Gasteiger partial charge < -0.3 is 4.90 Å². The van der Waals surface area contributed by atoms with Gasteiger partial charge in [-0.15, -0.1) is 0 Å². The molecule has 5 heteroatoms. The van der Waals surface area contributed by atoms with Crippen LogP contribution >= 0.6 is 0 Å². The van der Waals surface area contributed by atoms with Gasteiger partial charge in [-0.05, 0) is 30.0 Å². The highest BCUT2D eigenvalue weighted by atomic mass is 16.2. The van der Waals surface area contributed by atoms with Gasteiger partial charge in [-0.1, -0.05) is 78.8 Å². The Morgan fingerprint density at radius 2 is 1.77 bits per heavy atom. The van der Waals surface area contributed by atoms with Crippen molar-refractivity contribution < 1.29 is 4.79 Å². The van der Waals surface area contributed by atoms with E-state index in [9.17, 15) is 4.79 Å². The molecule has 1 aliphatic heterocycles. The topological polar surface area (TPSA) is 69.1 Å². The van der Waals surface area contributed by atoms with E-state index in [4.69, 9.17) is 5.53 Å². The van der Waals surface area contributed by atoms with Gasteiger partial charge in [-0.25, -0.2) is 0 Å². The van der Waals surface area contributed by atoms with Crippen molar-refractivity contribution in [1.82, 2.24) is 4.90 Å². The molecule has 1 aliphatic rings. The normalized spacial score (nSPS) is 20.2. The number of likely N-dealkylation sites (tertiary alicyclic amines) is 1. The van der Waals surface area contributed by atoms with E-state index in [1.54, 1.807) is 0 Å². The van der Waals surface area contributed by atoms with Gasteiger partial charge >= 0.3 is 0 Å². The number of hydrogen-bond acceptors (Lipinski definition) is 2. The third kappa shape index (κ3) is 3.35. The zero-order valence-electron chi connectivity index (χ0n) is 15.0. The molecule has 0 N–H and O–H groups in total. The summed E-state index contributed by atoms with van der Waals surface area (Å²) in [5.41, 5.74) is 11.6. The third-order valence-corrected chi connectivity index (χ3v) is 4.86. The minimum atomic E-state index is -0.306. The molecule has 1 saturated heterocycles. The molecule has 1 fully saturated rings. The summed E-state index contributed by atoms with van der Waals surface area (Å²) in [4.78, 5) is 17.7. The minimum Gasteiger partial charge on any atom is -0.321 e. The molecule has 1 amide bonds. The zero-order valence-corrected chi connectivity index (χ0v) is 15.0. The predicted molar refractivity (Wildman–Crippen MR) is 102 cm³/mol. The van der Waals surface area contributed by atoms with Crippen LogP contribution in [0.4, 0.5) is 0 Å². The summed E-state index contributed by atoms with van der Waals surface area (Å²) in [6.45, 7) is 3.99. The monoisotopic (exact) mass is 346 g/mol. The molecule has 0 aliphatic carbocycles. The smallest absolute Gasteiger partial charge is 0.253 e. The maximum Gasteiger partial charge on any atom is 0.253 e. The molecule has 0 unspecified atom stereocenters. The molecule has 3 atom stereocenters. The Morgan fingerprint density at radius 3 is 2.35 bits per heavy atom. The van der Waals surface area contributed by atoms with Crippen molar-refractivity contribution in [2.45, 2.75) is 38.4 Å². The van der Waals surface area contributed by atoms with Gasteiger partial charge in [0, 0.05) is 10.5 Å². The van der Waals surface area contributed by atoms with Gasteiger partial charge in [-0.2, -0.15) is 0 Å². The fourth-order valence-electron chi connectivity index (χ4n) is 3.40. The van der Waals surface area contributed by atoms with E-state index < -0.39 is 0 Å². The predicted octanol–water partition coefficient (Wildman–Crippen LogP) is 5.35. The van der Waals surface area contributed by atoms with Gasteiger partial charge in [0.2, 0.25) is 0 Å². The van der Waals surface area contributed by atoms with Crippen molar-refractivity contribution in [1.29, 1.82) is 0 Å². The van der Waals surface area contributed by atoms with E-state index in [-0.39, 0.29) is 24.0 Å². The van der Waals surface area contributed by atoms with Gasteiger partial charge in [0.1, 0.15) is 0 Å². The maximum absolute atomic E-state index is 12.9. The number of rotatable bonds is 6. The van der Waals surface area contributed by atoms with Crippen molar-refractivity contribution >= 4 is 5.91 Å². The summed E-state index contributed by atoms with van der Waals surface area (Å²) in [6, 6.07) is 19.5. The molecule has 0 spiro atoms. The summed E-state index contributed by atoms with van der Waals surface area (Å²) in [5.74, 6) is 0.00166. The number of nitrogens with zero attached hydrogens (tertiary/aromatic N) is 4. The number of carbonyl (C=O) groups is 1. The molecular weight excluding hydrogens is 324 g/mol. The lowest BCUT2D eigenvalue weighted by Crippen LogP contribution is -2.50. The summed E-state index contributed by atoms with van der Waals surface area (Å²) < 4.78 is 0. The molecule has 0 radical (unpaired) electrons. The van der Waals surface area contributed by atoms with E-state index in [0.29, 0.717) is 12.0 Å². The summed E-state index contributed by atoms with van der Waals surface area (Å²) in [6.07, 6.45) is 2.49. The third-order valence-electron chi connectivity index (χ3n) is 4.86.